The van der Waals surface area contributed by atoms with Gasteiger partial charge in [0.1, 0.15) is 5.65 Å². The van der Waals surface area contributed by atoms with Crippen molar-refractivity contribution in [2.75, 3.05) is 13.1 Å². The van der Waals surface area contributed by atoms with Gasteiger partial charge in [-0.25, -0.2) is 4.98 Å². The Morgan fingerprint density at radius 3 is 3.06 bits per heavy atom. The van der Waals surface area contributed by atoms with E-state index in [2.05, 4.69) is 51.3 Å². The molecule has 0 aromatic carbocycles. The molecule has 0 bridgehead atoms. The van der Waals surface area contributed by atoms with Crippen LogP contribution in [0.1, 0.15) is 23.9 Å². The van der Waals surface area contributed by atoms with Gasteiger partial charge in [0, 0.05) is 30.2 Å². The highest BCUT2D eigenvalue weighted by Gasteiger charge is 2.20. The molecule has 0 spiro atoms. The molecular weight excluding hydrogens is 278 g/mol. The summed E-state index contributed by atoms with van der Waals surface area (Å²) in [6, 6.07) is 2.15. The summed E-state index contributed by atoms with van der Waals surface area (Å²) in [5.74, 6) is 0. The fourth-order valence-electron chi connectivity index (χ4n) is 2.45. The summed E-state index contributed by atoms with van der Waals surface area (Å²) in [5, 5.41) is 0. The van der Waals surface area contributed by atoms with Gasteiger partial charge >= 0.3 is 0 Å². The van der Waals surface area contributed by atoms with Crippen LogP contribution in [0.3, 0.4) is 0 Å². The van der Waals surface area contributed by atoms with E-state index >= 15 is 0 Å². The minimum absolute atomic E-state index is 1.02. The predicted octanol–water partition coefficient (Wildman–Crippen LogP) is 2.78. The number of nitrogens with zero attached hydrogens (tertiary/aromatic N) is 3. The molecule has 3 nitrogen and oxygen atoms in total. The maximum absolute atomic E-state index is 4.74. The SMILES string of the molecule is CCN1CCc2nc3cc(C)c(Br)cn3c2C1. The molecule has 0 amide bonds. The maximum Gasteiger partial charge on any atom is 0.137 e. The molecule has 0 saturated heterocycles. The third-order valence-corrected chi connectivity index (χ3v) is 4.40. The molecule has 17 heavy (non-hydrogen) atoms. The Morgan fingerprint density at radius 1 is 1.47 bits per heavy atom. The lowest BCUT2D eigenvalue weighted by molar-refractivity contribution is 0.262. The van der Waals surface area contributed by atoms with Crippen LogP contribution in [0, 0.1) is 6.92 Å². The second kappa shape index (κ2) is 4.10. The summed E-state index contributed by atoms with van der Waals surface area (Å²) in [4.78, 5) is 7.20. The normalized spacial score (nSPS) is 16.4. The second-order valence-corrected chi connectivity index (χ2v) is 5.51. The van der Waals surface area contributed by atoms with Crippen LogP contribution >= 0.6 is 15.9 Å². The number of hydrogen-bond acceptors (Lipinski definition) is 2. The monoisotopic (exact) mass is 293 g/mol. The molecule has 3 heterocycles. The summed E-state index contributed by atoms with van der Waals surface area (Å²) in [5.41, 5.74) is 4.95. The Kier molecular flexibility index (Phi) is 2.71. The predicted molar refractivity (Wildman–Crippen MR) is 72.3 cm³/mol. The van der Waals surface area contributed by atoms with Gasteiger partial charge in [-0.1, -0.05) is 6.92 Å². The standard InChI is InChI=1S/C13H16BrN3/c1-3-16-5-4-11-12(8-16)17-7-10(14)9(2)6-13(17)15-11/h6-7H,3-5,8H2,1-2H3. The molecule has 2 aromatic rings. The van der Waals surface area contributed by atoms with Crippen molar-refractivity contribution in [3.8, 4) is 0 Å². The maximum atomic E-state index is 4.74. The molecule has 0 unspecified atom stereocenters. The van der Waals surface area contributed by atoms with Crippen LogP contribution < -0.4 is 0 Å². The van der Waals surface area contributed by atoms with Crippen LogP contribution in [0.15, 0.2) is 16.7 Å². The van der Waals surface area contributed by atoms with E-state index < -0.39 is 0 Å². The summed E-state index contributed by atoms with van der Waals surface area (Å²) in [6.45, 7) is 7.58. The van der Waals surface area contributed by atoms with Crippen LogP contribution in [0.5, 0.6) is 0 Å². The number of fused-ring (bicyclic) bond motifs is 3. The lowest BCUT2D eigenvalue weighted by Crippen LogP contribution is -2.30. The van der Waals surface area contributed by atoms with Crippen molar-refractivity contribution in [2.24, 2.45) is 0 Å². The lowest BCUT2D eigenvalue weighted by atomic mass is 10.1. The molecule has 3 rings (SSSR count). The molecule has 0 fully saturated rings. The number of hydrogen-bond donors (Lipinski definition) is 0. The molecule has 4 heteroatoms. The topological polar surface area (TPSA) is 20.5 Å². The third-order valence-electron chi connectivity index (χ3n) is 3.57. The van der Waals surface area contributed by atoms with E-state index in [0.717, 1.165) is 36.2 Å². The van der Waals surface area contributed by atoms with Crippen LogP contribution in [0.2, 0.25) is 0 Å². The Hall–Kier alpha value is -0.870. The fraction of sp³-hybridized carbons (Fsp3) is 0.462. The molecule has 0 aliphatic carbocycles. The number of aryl methyl sites for hydroxylation is 1. The molecule has 0 radical (unpaired) electrons. The summed E-state index contributed by atoms with van der Waals surface area (Å²) in [7, 11) is 0. The summed E-state index contributed by atoms with van der Waals surface area (Å²) < 4.78 is 3.38. The van der Waals surface area contributed by atoms with Gasteiger partial charge in [0.2, 0.25) is 0 Å². The van der Waals surface area contributed by atoms with E-state index in [1.807, 2.05) is 0 Å². The molecule has 90 valence electrons. The van der Waals surface area contributed by atoms with E-state index in [-0.39, 0.29) is 0 Å². The second-order valence-electron chi connectivity index (χ2n) is 4.66. The van der Waals surface area contributed by atoms with Gasteiger partial charge in [0.05, 0.1) is 11.4 Å². The first-order valence-corrected chi connectivity index (χ1v) is 6.86. The highest BCUT2D eigenvalue weighted by Crippen LogP contribution is 2.24. The molecular formula is C13H16BrN3. The van der Waals surface area contributed by atoms with E-state index in [4.69, 9.17) is 4.98 Å². The first kappa shape index (κ1) is 11.2. The minimum Gasteiger partial charge on any atom is -0.301 e. The highest BCUT2D eigenvalue weighted by molar-refractivity contribution is 9.10. The Morgan fingerprint density at radius 2 is 2.29 bits per heavy atom. The van der Waals surface area contributed by atoms with Gasteiger partial charge in [-0.15, -0.1) is 0 Å². The number of pyridine rings is 1. The average Bonchev–Trinajstić information content (AvgIpc) is 2.67. The lowest BCUT2D eigenvalue weighted by Gasteiger charge is -2.24. The number of rotatable bonds is 1. The van der Waals surface area contributed by atoms with E-state index in [1.54, 1.807) is 0 Å². The van der Waals surface area contributed by atoms with Crippen molar-refractivity contribution in [1.29, 1.82) is 0 Å². The average molecular weight is 294 g/mol. The molecule has 2 aromatic heterocycles. The van der Waals surface area contributed by atoms with Gasteiger partial charge in [-0.2, -0.15) is 0 Å². The van der Waals surface area contributed by atoms with Crippen molar-refractivity contribution >= 4 is 21.6 Å². The summed E-state index contributed by atoms with van der Waals surface area (Å²) >= 11 is 3.60. The van der Waals surface area contributed by atoms with Crippen LogP contribution in [0.25, 0.3) is 5.65 Å². The molecule has 0 saturated carbocycles. The van der Waals surface area contributed by atoms with Gasteiger partial charge in [-0.05, 0) is 41.0 Å². The largest absolute Gasteiger partial charge is 0.301 e. The number of halogens is 1. The first-order chi connectivity index (χ1) is 8.19. The van der Waals surface area contributed by atoms with E-state index in [9.17, 15) is 0 Å². The number of likely N-dealkylation sites (N-methyl/N-ethyl adjacent to an activating group) is 1. The zero-order valence-corrected chi connectivity index (χ0v) is 11.8. The van der Waals surface area contributed by atoms with E-state index in [1.165, 1.54) is 17.0 Å². The zero-order valence-electron chi connectivity index (χ0n) is 10.2. The van der Waals surface area contributed by atoms with Crippen LogP contribution in [0.4, 0.5) is 0 Å². The van der Waals surface area contributed by atoms with Gasteiger partial charge in [0.15, 0.2) is 0 Å². The Labute approximate surface area is 110 Å². The van der Waals surface area contributed by atoms with Gasteiger partial charge in [-0.3, -0.25) is 4.90 Å². The highest BCUT2D eigenvalue weighted by atomic mass is 79.9. The van der Waals surface area contributed by atoms with Gasteiger partial charge < -0.3 is 4.40 Å². The van der Waals surface area contributed by atoms with Crippen molar-refractivity contribution in [3.05, 3.63) is 33.7 Å². The fourth-order valence-corrected chi connectivity index (χ4v) is 2.77. The Bertz CT molecular complexity index is 574. The molecule has 0 N–H and O–H groups in total. The minimum atomic E-state index is 1.02. The number of imidazole rings is 1. The van der Waals surface area contributed by atoms with Crippen molar-refractivity contribution in [3.63, 3.8) is 0 Å². The first-order valence-electron chi connectivity index (χ1n) is 6.07. The van der Waals surface area contributed by atoms with Crippen LogP contribution in [-0.4, -0.2) is 27.4 Å². The summed E-state index contributed by atoms with van der Waals surface area (Å²) in [6.07, 6.45) is 3.22. The van der Waals surface area contributed by atoms with Gasteiger partial charge in [0.25, 0.3) is 0 Å². The van der Waals surface area contributed by atoms with Crippen molar-refractivity contribution < 1.29 is 0 Å². The zero-order chi connectivity index (χ0) is 12.0. The third kappa shape index (κ3) is 1.79. The van der Waals surface area contributed by atoms with Crippen molar-refractivity contribution in [1.82, 2.24) is 14.3 Å². The number of aromatic nitrogens is 2. The Balaban J connectivity index is 2.17. The smallest absolute Gasteiger partial charge is 0.137 e. The quantitative estimate of drug-likeness (QED) is 0.806. The molecule has 1 aliphatic rings. The molecule has 1 aliphatic heterocycles. The van der Waals surface area contributed by atoms with Crippen LogP contribution in [-0.2, 0) is 13.0 Å². The van der Waals surface area contributed by atoms with Crippen molar-refractivity contribution in [2.45, 2.75) is 26.8 Å². The molecule has 0 atom stereocenters. The van der Waals surface area contributed by atoms with E-state index in [0.29, 0.717) is 0 Å².